The van der Waals surface area contributed by atoms with Crippen molar-refractivity contribution in [2.24, 2.45) is 0 Å². The van der Waals surface area contributed by atoms with Crippen molar-refractivity contribution in [3.8, 4) is 0 Å². The fourth-order valence-electron chi connectivity index (χ4n) is 2.79. The average Bonchev–Trinajstić information content (AvgIpc) is 2.84. The van der Waals surface area contributed by atoms with Crippen molar-refractivity contribution in [2.45, 2.75) is 32.2 Å². The predicted octanol–water partition coefficient (Wildman–Crippen LogP) is 3.62. The van der Waals surface area contributed by atoms with Crippen molar-refractivity contribution in [3.05, 3.63) is 59.4 Å². The summed E-state index contributed by atoms with van der Waals surface area (Å²) in [6.45, 7) is 2.15. The Labute approximate surface area is 107 Å². The van der Waals surface area contributed by atoms with E-state index in [0.717, 1.165) is 18.5 Å². The molecule has 0 radical (unpaired) electrons. The summed E-state index contributed by atoms with van der Waals surface area (Å²) in [5, 5.41) is 0. The molecule has 3 rings (SSSR count). The summed E-state index contributed by atoms with van der Waals surface area (Å²) in [7, 11) is 0. The van der Waals surface area contributed by atoms with Crippen LogP contribution in [0.15, 0.2) is 42.6 Å². The highest BCUT2D eigenvalue weighted by atomic mass is 16.1. The molecule has 1 aliphatic rings. The van der Waals surface area contributed by atoms with Crippen molar-refractivity contribution in [3.63, 3.8) is 0 Å². The number of aromatic nitrogens is 1. The molecule has 0 N–H and O–H groups in total. The van der Waals surface area contributed by atoms with Crippen molar-refractivity contribution in [2.75, 3.05) is 0 Å². The SMILES string of the molecule is CC(c1ccccc1)n1ccc2c1C(=O)CCC2. The lowest BCUT2D eigenvalue weighted by Gasteiger charge is -2.20. The molecular weight excluding hydrogens is 222 g/mol. The summed E-state index contributed by atoms with van der Waals surface area (Å²) < 4.78 is 2.13. The zero-order valence-corrected chi connectivity index (χ0v) is 10.6. The van der Waals surface area contributed by atoms with Gasteiger partial charge in [-0.25, -0.2) is 0 Å². The molecule has 92 valence electrons. The number of benzene rings is 1. The third-order valence-corrected chi connectivity index (χ3v) is 3.81. The number of ketones is 1. The number of Topliss-reactive ketones (excluding diaryl/α,β-unsaturated/α-hetero) is 1. The van der Waals surface area contributed by atoms with Gasteiger partial charge in [0.1, 0.15) is 0 Å². The van der Waals surface area contributed by atoms with Crippen LogP contribution in [0.3, 0.4) is 0 Å². The second-order valence-corrected chi connectivity index (χ2v) is 4.96. The van der Waals surface area contributed by atoms with E-state index in [9.17, 15) is 4.79 Å². The zero-order valence-electron chi connectivity index (χ0n) is 10.6. The van der Waals surface area contributed by atoms with Crippen molar-refractivity contribution in [1.29, 1.82) is 0 Å². The van der Waals surface area contributed by atoms with Crippen LogP contribution in [0.5, 0.6) is 0 Å². The van der Waals surface area contributed by atoms with Gasteiger partial charge in [-0.05, 0) is 37.0 Å². The normalized spacial score (nSPS) is 16.4. The van der Waals surface area contributed by atoms with Gasteiger partial charge in [0.2, 0.25) is 0 Å². The number of carbonyl (C=O) groups excluding carboxylic acids is 1. The highest BCUT2D eigenvalue weighted by Crippen LogP contribution is 2.27. The topological polar surface area (TPSA) is 22.0 Å². The van der Waals surface area contributed by atoms with E-state index in [1.165, 1.54) is 11.1 Å². The molecule has 2 nitrogen and oxygen atoms in total. The third kappa shape index (κ3) is 1.78. The minimum Gasteiger partial charge on any atom is -0.338 e. The summed E-state index contributed by atoms with van der Waals surface area (Å²) in [6.07, 6.45) is 4.79. The molecule has 0 saturated carbocycles. The molecular formula is C16H17NO. The Hall–Kier alpha value is -1.83. The van der Waals surface area contributed by atoms with Crippen molar-refractivity contribution >= 4 is 5.78 Å². The third-order valence-electron chi connectivity index (χ3n) is 3.81. The first-order valence-electron chi connectivity index (χ1n) is 6.55. The van der Waals surface area contributed by atoms with E-state index in [-0.39, 0.29) is 6.04 Å². The molecule has 0 spiro atoms. The molecule has 1 aliphatic carbocycles. The van der Waals surface area contributed by atoms with E-state index in [2.05, 4.69) is 35.9 Å². The van der Waals surface area contributed by atoms with Crippen molar-refractivity contribution in [1.82, 2.24) is 4.57 Å². The Morgan fingerprint density at radius 2 is 1.89 bits per heavy atom. The maximum Gasteiger partial charge on any atom is 0.179 e. The summed E-state index contributed by atoms with van der Waals surface area (Å²) in [4.78, 5) is 12.1. The van der Waals surface area contributed by atoms with Crippen molar-refractivity contribution < 1.29 is 4.79 Å². The van der Waals surface area contributed by atoms with E-state index < -0.39 is 0 Å². The number of rotatable bonds is 2. The molecule has 1 unspecified atom stereocenters. The molecule has 0 aliphatic heterocycles. The van der Waals surface area contributed by atoms with Crippen LogP contribution in [-0.2, 0) is 6.42 Å². The number of nitrogens with zero attached hydrogens (tertiary/aromatic N) is 1. The highest BCUT2D eigenvalue weighted by Gasteiger charge is 2.23. The molecule has 0 saturated heterocycles. The minimum atomic E-state index is 0.219. The van der Waals surface area contributed by atoms with Gasteiger partial charge in [0.05, 0.1) is 11.7 Å². The Balaban J connectivity index is 2.03. The fraction of sp³-hybridized carbons (Fsp3) is 0.312. The van der Waals surface area contributed by atoms with Crippen LogP contribution >= 0.6 is 0 Å². The molecule has 0 bridgehead atoms. The van der Waals surface area contributed by atoms with Gasteiger partial charge in [-0.1, -0.05) is 30.3 Å². The summed E-state index contributed by atoms with van der Waals surface area (Å²) >= 11 is 0. The maximum absolute atomic E-state index is 12.1. The van der Waals surface area contributed by atoms with Crippen LogP contribution in [0.4, 0.5) is 0 Å². The van der Waals surface area contributed by atoms with E-state index in [1.54, 1.807) is 0 Å². The van der Waals surface area contributed by atoms with Crippen LogP contribution in [-0.4, -0.2) is 10.4 Å². The number of hydrogen-bond donors (Lipinski definition) is 0. The minimum absolute atomic E-state index is 0.219. The Kier molecular flexibility index (Phi) is 2.78. The summed E-state index contributed by atoms with van der Waals surface area (Å²) in [5.74, 6) is 0.295. The van der Waals surface area contributed by atoms with Gasteiger partial charge >= 0.3 is 0 Å². The van der Waals surface area contributed by atoms with Gasteiger partial charge < -0.3 is 4.57 Å². The van der Waals surface area contributed by atoms with Crippen LogP contribution in [0.25, 0.3) is 0 Å². The van der Waals surface area contributed by atoms with Gasteiger partial charge in [0.25, 0.3) is 0 Å². The second kappa shape index (κ2) is 4.45. The summed E-state index contributed by atoms with van der Waals surface area (Å²) in [6, 6.07) is 12.7. The van der Waals surface area contributed by atoms with Crippen LogP contribution in [0.2, 0.25) is 0 Å². The van der Waals surface area contributed by atoms with Gasteiger partial charge in [0.15, 0.2) is 5.78 Å². The fourth-order valence-corrected chi connectivity index (χ4v) is 2.79. The molecule has 1 heterocycles. The highest BCUT2D eigenvalue weighted by molar-refractivity contribution is 5.97. The zero-order chi connectivity index (χ0) is 12.5. The first kappa shape index (κ1) is 11.3. The van der Waals surface area contributed by atoms with Crippen LogP contribution in [0, 0.1) is 0 Å². The maximum atomic E-state index is 12.1. The monoisotopic (exact) mass is 239 g/mol. The van der Waals surface area contributed by atoms with Crippen LogP contribution < -0.4 is 0 Å². The molecule has 1 aromatic heterocycles. The van der Waals surface area contributed by atoms with E-state index >= 15 is 0 Å². The molecule has 1 aromatic carbocycles. The molecule has 18 heavy (non-hydrogen) atoms. The van der Waals surface area contributed by atoms with Gasteiger partial charge in [-0.3, -0.25) is 4.79 Å². The quantitative estimate of drug-likeness (QED) is 0.784. The summed E-state index contributed by atoms with van der Waals surface area (Å²) in [5.41, 5.74) is 3.39. The number of hydrogen-bond acceptors (Lipinski definition) is 1. The lowest BCUT2D eigenvalue weighted by atomic mass is 9.96. The molecule has 2 heteroatoms. The standard InChI is InChI=1S/C16H17NO/c1-12(13-6-3-2-4-7-13)17-11-10-14-8-5-9-15(18)16(14)17/h2-4,6-7,10-12H,5,8-9H2,1H3. The molecule has 2 aromatic rings. The molecule has 1 atom stereocenters. The van der Waals surface area contributed by atoms with Crippen LogP contribution in [0.1, 0.15) is 47.4 Å². The Bertz CT molecular complexity index is 568. The Morgan fingerprint density at radius 1 is 1.11 bits per heavy atom. The largest absolute Gasteiger partial charge is 0.338 e. The lowest BCUT2D eigenvalue weighted by Crippen LogP contribution is -2.18. The van der Waals surface area contributed by atoms with Gasteiger partial charge in [-0.2, -0.15) is 0 Å². The number of carbonyl (C=O) groups is 1. The molecule has 0 fully saturated rings. The first-order chi connectivity index (χ1) is 8.77. The smallest absolute Gasteiger partial charge is 0.179 e. The van der Waals surface area contributed by atoms with E-state index in [1.807, 2.05) is 18.2 Å². The van der Waals surface area contributed by atoms with Gasteiger partial charge in [-0.15, -0.1) is 0 Å². The average molecular weight is 239 g/mol. The second-order valence-electron chi connectivity index (χ2n) is 4.96. The first-order valence-corrected chi connectivity index (χ1v) is 6.55. The number of fused-ring (bicyclic) bond motifs is 1. The van der Waals surface area contributed by atoms with Gasteiger partial charge in [0, 0.05) is 12.6 Å². The molecule has 0 amide bonds. The Morgan fingerprint density at radius 3 is 2.67 bits per heavy atom. The van der Waals surface area contributed by atoms with E-state index in [0.29, 0.717) is 12.2 Å². The number of aryl methyl sites for hydroxylation is 1. The lowest BCUT2D eigenvalue weighted by molar-refractivity contribution is 0.0962. The predicted molar refractivity (Wildman–Crippen MR) is 72.0 cm³/mol. The van der Waals surface area contributed by atoms with E-state index in [4.69, 9.17) is 0 Å².